The van der Waals surface area contributed by atoms with Crippen LogP contribution in [0, 0.1) is 11.8 Å². The van der Waals surface area contributed by atoms with Gasteiger partial charge in [-0.25, -0.2) is 0 Å². The van der Waals surface area contributed by atoms with E-state index < -0.39 is 0 Å². The molecule has 2 heterocycles. The predicted molar refractivity (Wildman–Crippen MR) is 74.3 cm³/mol. The molecule has 0 bridgehead atoms. The molecule has 2 rings (SSSR count). The summed E-state index contributed by atoms with van der Waals surface area (Å²) in [6.45, 7) is 9.04. The second kappa shape index (κ2) is 7.38. The monoisotopic (exact) mass is 238 g/mol. The van der Waals surface area contributed by atoms with E-state index in [4.69, 9.17) is 0 Å². The first kappa shape index (κ1) is 13.4. The summed E-state index contributed by atoms with van der Waals surface area (Å²) in [6, 6.07) is 0. The van der Waals surface area contributed by atoms with Gasteiger partial charge in [-0.1, -0.05) is 19.8 Å². The fraction of sp³-hybridized carbons (Fsp3) is 1.00. The molecule has 100 valence electrons. The molecular weight excluding hydrogens is 208 g/mol. The van der Waals surface area contributed by atoms with E-state index in [1.807, 2.05) is 0 Å². The zero-order valence-electron chi connectivity index (χ0n) is 11.6. The summed E-state index contributed by atoms with van der Waals surface area (Å²) in [5.74, 6) is 1.85. The number of rotatable bonds is 4. The largest absolute Gasteiger partial charge is 0.316 e. The molecule has 0 spiro atoms. The van der Waals surface area contributed by atoms with Crippen molar-refractivity contribution in [2.24, 2.45) is 11.8 Å². The lowest BCUT2D eigenvalue weighted by Gasteiger charge is -2.30. The van der Waals surface area contributed by atoms with E-state index in [1.165, 1.54) is 77.7 Å². The van der Waals surface area contributed by atoms with Crippen LogP contribution in [0.25, 0.3) is 0 Å². The van der Waals surface area contributed by atoms with Gasteiger partial charge in [-0.2, -0.15) is 0 Å². The van der Waals surface area contributed by atoms with Gasteiger partial charge in [-0.15, -0.1) is 0 Å². The molecule has 0 aliphatic carbocycles. The van der Waals surface area contributed by atoms with Crippen LogP contribution >= 0.6 is 0 Å². The van der Waals surface area contributed by atoms with E-state index in [1.54, 1.807) is 0 Å². The molecule has 2 atom stereocenters. The molecule has 2 fully saturated rings. The molecular formula is C15H30N2. The molecule has 0 saturated carbocycles. The van der Waals surface area contributed by atoms with Gasteiger partial charge in [0.25, 0.3) is 0 Å². The van der Waals surface area contributed by atoms with Gasteiger partial charge in [0, 0.05) is 0 Å². The number of hydrogen-bond donors (Lipinski definition) is 1. The highest BCUT2D eigenvalue weighted by Crippen LogP contribution is 2.23. The fourth-order valence-electron chi connectivity index (χ4n) is 3.35. The number of hydrogen-bond acceptors (Lipinski definition) is 2. The normalized spacial score (nSPS) is 29.8. The van der Waals surface area contributed by atoms with E-state index in [9.17, 15) is 0 Å². The van der Waals surface area contributed by atoms with Crippen molar-refractivity contribution >= 4 is 0 Å². The van der Waals surface area contributed by atoms with E-state index in [0.29, 0.717) is 0 Å². The minimum Gasteiger partial charge on any atom is -0.316 e. The lowest BCUT2D eigenvalue weighted by molar-refractivity contribution is 0.216. The fourth-order valence-corrected chi connectivity index (χ4v) is 3.35. The van der Waals surface area contributed by atoms with Crippen LogP contribution in [0.2, 0.25) is 0 Å². The van der Waals surface area contributed by atoms with Gasteiger partial charge in [0.15, 0.2) is 0 Å². The van der Waals surface area contributed by atoms with Crippen molar-refractivity contribution in [3.05, 3.63) is 0 Å². The SMILES string of the molecule is CC(CCN1CCCCCC1)C1CCCNC1. The highest BCUT2D eigenvalue weighted by Gasteiger charge is 2.20. The molecule has 2 unspecified atom stereocenters. The number of nitrogens with one attached hydrogen (secondary N) is 1. The maximum Gasteiger partial charge on any atom is -0.00161 e. The Kier molecular flexibility index (Phi) is 5.79. The summed E-state index contributed by atoms with van der Waals surface area (Å²) in [4.78, 5) is 2.71. The molecule has 2 aliphatic rings. The molecule has 0 aromatic rings. The Morgan fingerprint density at radius 3 is 2.53 bits per heavy atom. The third-order valence-corrected chi connectivity index (χ3v) is 4.74. The van der Waals surface area contributed by atoms with Crippen LogP contribution in [0.1, 0.15) is 51.9 Å². The highest BCUT2D eigenvalue weighted by molar-refractivity contribution is 4.75. The van der Waals surface area contributed by atoms with Crippen LogP contribution in [-0.2, 0) is 0 Å². The molecule has 2 saturated heterocycles. The number of nitrogens with zero attached hydrogens (tertiary/aromatic N) is 1. The Labute approximate surface area is 107 Å². The van der Waals surface area contributed by atoms with Crippen molar-refractivity contribution in [1.82, 2.24) is 10.2 Å². The summed E-state index contributed by atoms with van der Waals surface area (Å²) >= 11 is 0. The summed E-state index contributed by atoms with van der Waals surface area (Å²) in [5.41, 5.74) is 0. The molecule has 2 heteroatoms. The summed E-state index contributed by atoms with van der Waals surface area (Å²) in [7, 11) is 0. The Balaban J connectivity index is 1.65. The van der Waals surface area contributed by atoms with Gasteiger partial charge in [-0.3, -0.25) is 0 Å². The minimum absolute atomic E-state index is 0.908. The molecule has 0 amide bonds. The quantitative estimate of drug-likeness (QED) is 0.810. The average molecular weight is 238 g/mol. The van der Waals surface area contributed by atoms with Crippen molar-refractivity contribution in [2.45, 2.75) is 51.9 Å². The standard InChI is InChI=1S/C15H30N2/c1-14(15-7-6-9-16-13-15)8-12-17-10-4-2-3-5-11-17/h14-16H,2-13H2,1H3. The molecule has 0 aromatic carbocycles. The van der Waals surface area contributed by atoms with Gasteiger partial charge < -0.3 is 10.2 Å². The zero-order chi connectivity index (χ0) is 11.9. The molecule has 1 N–H and O–H groups in total. The number of piperidine rings is 1. The maximum atomic E-state index is 3.55. The van der Waals surface area contributed by atoms with Gasteiger partial charge >= 0.3 is 0 Å². The van der Waals surface area contributed by atoms with E-state index in [0.717, 1.165) is 11.8 Å². The van der Waals surface area contributed by atoms with Gasteiger partial charge in [0.2, 0.25) is 0 Å². The molecule has 2 aliphatic heterocycles. The van der Waals surface area contributed by atoms with Gasteiger partial charge in [0.05, 0.1) is 0 Å². The van der Waals surface area contributed by atoms with Crippen molar-refractivity contribution in [3.63, 3.8) is 0 Å². The van der Waals surface area contributed by atoms with Crippen LogP contribution in [-0.4, -0.2) is 37.6 Å². The van der Waals surface area contributed by atoms with Gasteiger partial charge in [0.1, 0.15) is 0 Å². The Hall–Kier alpha value is -0.0800. The second-order valence-electron chi connectivity index (χ2n) is 6.13. The first-order valence-electron chi connectivity index (χ1n) is 7.79. The smallest absolute Gasteiger partial charge is 0.00161 e. The van der Waals surface area contributed by atoms with Crippen LogP contribution in [0.5, 0.6) is 0 Å². The summed E-state index contributed by atoms with van der Waals surface area (Å²) in [5, 5.41) is 3.55. The number of likely N-dealkylation sites (tertiary alicyclic amines) is 1. The van der Waals surface area contributed by atoms with E-state index in [2.05, 4.69) is 17.1 Å². The third-order valence-electron chi connectivity index (χ3n) is 4.74. The second-order valence-corrected chi connectivity index (χ2v) is 6.13. The van der Waals surface area contributed by atoms with Crippen LogP contribution in [0.3, 0.4) is 0 Å². The molecule has 0 aromatic heterocycles. The van der Waals surface area contributed by atoms with Crippen LogP contribution < -0.4 is 5.32 Å². The van der Waals surface area contributed by atoms with Crippen molar-refractivity contribution in [2.75, 3.05) is 32.7 Å². The van der Waals surface area contributed by atoms with Crippen LogP contribution in [0.4, 0.5) is 0 Å². The topological polar surface area (TPSA) is 15.3 Å². The summed E-state index contributed by atoms with van der Waals surface area (Å²) < 4.78 is 0. The highest BCUT2D eigenvalue weighted by atomic mass is 15.1. The summed E-state index contributed by atoms with van der Waals surface area (Å²) in [6.07, 6.45) is 10.0. The van der Waals surface area contributed by atoms with Gasteiger partial charge in [-0.05, 0) is 76.7 Å². The zero-order valence-corrected chi connectivity index (χ0v) is 11.6. The lowest BCUT2D eigenvalue weighted by Crippen LogP contribution is -2.35. The maximum absolute atomic E-state index is 3.55. The third kappa shape index (κ3) is 4.59. The van der Waals surface area contributed by atoms with E-state index >= 15 is 0 Å². The predicted octanol–water partition coefficient (Wildman–Crippen LogP) is 2.89. The van der Waals surface area contributed by atoms with Crippen molar-refractivity contribution in [3.8, 4) is 0 Å². The molecule has 17 heavy (non-hydrogen) atoms. The Bertz CT molecular complexity index is 191. The van der Waals surface area contributed by atoms with Crippen LogP contribution in [0.15, 0.2) is 0 Å². The van der Waals surface area contributed by atoms with Crippen molar-refractivity contribution in [1.29, 1.82) is 0 Å². The average Bonchev–Trinajstić information content (AvgIpc) is 2.65. The van der Waals surface area contributed by atoms with E-state index in [-0.39, 0.29) is 0 Å². The first-order chi connectivity index (χ1) is 8.36. The lowest BCUT2D eigenvalue weighted by atomic mass is 9.85. The Morgan fingerprint density at radius 2 is 1.88 bits per heavy atom. The molecule has 2 nitrogen and oxygen atoms in total. The Morgan fingerprint density at radius 1 is 1.12 bits per heavy atom. The molecule has 0 radical (unpaired) electrons. The first-order valence-corrected chi connectivity index (χ1v) is 7.79. The minimum atomic E-state index is 0.908. The van der Waals surface area contributed by atoms with Crippen molar-refractivity contribution < 1.29 is 0 Å².